The molecule has 2 N–H and O–H groups in total. The number of ketones is 1. The van der Waals surface area contributed by atoms with Crippen LogP contribution in [0.15, 0.2) is 54.6 Å². The molecule has 0 bridgehead atoms. The highest BCUT2D eigenvalue weighted by molar-refractivity contribution is 5.99. The number of hydrogen-bond acceptors (Lipinski definition) is 4. The molecule has 1 atom stereocenters. The number of carboxylic acid groups (broad SMARTS) is 1. The molecule has 0 spiro atoms. The zero-order chi connectivity index (χ0) is 18.2. The third-order valence-electron chi connectivity index (χ3n) is 3.34. The van der Waals surface area contributed by atoms with Crippen molar-refractivity contribution in [1.29, 1.82) is 0 Å². The highest BCUT2D eigenvalue weighted by Crippen LogP contribution is 2.09. The highest BCUT2D eigenvalue weighted by Gasteiger charge is 2.24. The van der Waals surface area contributed by atoms with Gasteiger partial charge in [-0.25, -0.2) is 14.0 Å². The summed E-state index contributed by atoms with van der Waals surface area (Å²) in [4.78, 5) is 35.0. The van der Waals surface area contributed by atoms with Crippen molar-refractivity contribution in [3.05, 3.63) is 71.5 Å². The highest BCUT2D eigenvalue weighted by atomic mass is 19.1. The molecule has 130 valence electrons. The van der Waals surface area contributed by atoms with Gasteiger partial charge in [0, 0.05) is 12.0 Å². The lowest BCUT2D eigenvalue weighted by Crippen LogP contribution is -2.42. The SMILES string of the molecule is O=C(NC(CC(=O)c1cccc(F)c1)C(=O)O)OCc1ccccc1. The van der Waals surface area contributed by atoms with Crippen LogP contribution >= 0.6 is 0 Å². The Morgan fingerprint density at radius 2 is 1.80 bits per heavy atom. The molecular weight excluding hydrogens is 329 g/mol. The molecule has 0 heterocycles. The fourth-order valence-corrected chi connectivity index (χ4v) is 2.07. The number of halogens is 1. The maximum absolute atomic E-state index is 13.1. The minimum atomic E-state index is -1.47. The van der Waals surface area contributed by atoms with E-state index in [1.54, 1.807) is 24.3 Å². The molecule has 0 radical (unpaired) electrons. The van der Waals surface area contributed by atoms with E-state index in [0.29, 0.717) is 0 Å². The van der Waals surface area contributed by atoms with Crippen molar-refractivity contribution in [3.8, 4) is 0 Å². The third kappa shape index (κ3) is 5.72. The predicted molar refractivity (Wildman–Crippen MR) is 86.5 cm³/mol. The second-order valence-corrected chi connectivity index (χ2v) is 5.23. The summed E-state index contributed by atoms with van der Waals surface area (Å²) in [6, 6.07) is 12.3. The van der Waals surface area contributed by atoms with Gasteiger partial charge >= 0.3 is 12.1 Å². The zero-order valence-corrected chi connectivity index (χ0v) is 13.1. The normalized spacial score (nSPS) is 11.4. The number of rotatable bonds is 7. The van der Waals surface area contributed by atoms with Gasteiger partial charge in [0.2, 0.25) is 0 Å². The molecule has 25 heavy (non-hydrogen) atoms. The number of carboxylic acids is 1. The van der Waals surface area contributed by atoms with Crippen molar-refractivity contribution in [3.63, 3.8) is 0 Å². The van der Waals surface area contributed by atoms with Crippen LogP contribution in [0.4, 0.5) is 9.18 Å². The maximum atomic E-state index is 13.1. The summed E-state index contributed by atoms with van der Waals surface area (Å²) < 4.78 is 18.1. The summed E-state index contributed by atoms with van der Waals surface area (Å²) in [5, 5.41) is 11.3. The number of hydrogen-bond donors (Lipinski definition) is 2. The largest absolute Gasteiger partial charge is 0.480 e. The Labute approximate surface area is 143 Å². The zero-order valence-electron chi connectivity index (χ0n) is 13.1. The van der Waals surface area contributed by atoms with E-state index in [0.717, 1.165) is 11.6 Å². The van der Waals surface area contributed by atoms with Crippen LogP contribution in [0.5, 0.6) is 0 Å². The van der Waals surface area contributed by atoms with Gasteiger partial charge in [0.15, 0.2) is 5.78 Å². The quantitative estimate of drug-likeness (QED) is 0.753. The van der Waals surface area contributed by atoms with Gasteiger partial charge in [-0.2, -0.15) is 0 Å². The Hall–Kier alpha value is -3.22. The average Bonchev–Trinajstić information content (AvgIpc) is 2.60. The second-order valence-electron chi connectivity index (χ2n) is 5.23. The van der Waals surface area contributed by atoms with Gasteiger partial charge in [0.1, 0.15) is 18.5 Å². The molecule has 0 aliphatic heterocycles. The monoisotopic (exact) mass is 345 g/mol. The molecular formula is C18H16FNO5. The molecule has 1 amide bonds. The molecule has 1 unspecified atom stereocenters. The van der Waals surface area contributed by atoms with Gasteiger partial charge in [-0.05, 0) is 17.7 Å². The van der Waals surface area contributed by atoms with Gasteiger partial charge in [-0.1, -0.05) is 42.5 Å². The topological polar surface area (TPSA) is 92.7 Å². The summed E-state index contributed by atoms with van der Waals surface area (Å²) in [5.41, 5.74) is 0.770. The minimum Gasteiger partial charge on any atom is -0.480 e. The number of carbonyl (C=O) groups is 3. The summed E-state index contributed by atoms with van der Waals surface area (Å²) in [7, 11) is 0. The van der Waals surface area contributed by atoms with Crippen LogP contribution in [0.3, 0.4) is 0 Å². The van der Waals surface area contributed by atoms with Crippen LogP contribution in [0.2, 0.25) is 0 Å². The second kappa shape index (κ2) is 8.58. The summed E-state index contributed by atoms with van der Waals surface area (Å²) in [6.07, 6.45) is -1.47. The minimum absolute atomic E-state index is 0.0309. The fraction of sp³-hybridized carbons (Fsp3) is 0.167. The number of alkyl carbamates (subject to hydrolysis) is 1. The molecule has 6 nitrogen and oxygen atoms in total. The number of carbonyl (C=O) groups excluding carboxylic acids is 2. The van der Waals surface area contributed by atoms with Crippen LogP contribution in [0.25, 0.3) is 0 Å². The van der Waals surface area contributed by atoms with Crippen molar-refractivity contribution in [2.24, 2.45) is 0 Å². The van der Waals surface area contributed by atoms with Gasteiger partial charge in [-0.3, -0.25) is 4.79 Å². The Kier molecular flexibility index (Phi) is 6.22. The molecule has 0 aromatic heterocycles. The number of Topliss-reactive ketones (excluding diaryl/α,β-unsaturated/α-hetero) is 1. The van der Waals surface area contributed by atoms with Crippen molar-refractivity contribution < 1.29 is 28.6 Å². The fourth-order valence-electron chi connectivity index (χ4n) is 2.07. The molecule has 2 aromatic carbocycles. The first kappa shape index (κ1) is 18.1. The van der Waals surface area contributed by atoms with Gasteiger partial charge in [-0.15, -0.1) is 0 Å². The first-order valence-electron chi connectivity index (χ1n) is 7.44. The Balaban J connectivity index is 1.92. The predicted octanol–water partition coefficient (Wildman–Crippen LogP) is 2.78. The molecule has 7 heteroatoms. The lowest BCUT2D eigenvalue weighted by Gasteiger charge is -2.14. The van der Waals surface area contributed by atoms with E-state index in [1.165, 1.54) is 18.2 Å². The summed E-state index contributed by atoms with van der Waals surface area (Å²) >= 11 is 0. The average molecular weight is 345 g/mol. The van der Waals surface area contributed by atoms with Crippen molar-refractivity contribution in [2.45, 2.75) is 19.1 Å². The summed E-state index contributed by atoms with van der Waals surface area (Å²) in [6.45, 7) is -0.0309. The number of aliphatic carboxylic acids is 1. The third-order valence-corrected chi connectivity index (χ3v) is 3.34. The Bertz CT molecular complexity index is 763. The smallest absolute Gasteiger partial charge is 0.408 e. The van der Waals surface area contributed by atoms with Gasteiger partial charge in [0.25, 0.3) is 0 Å². The van der Waals surface area contributed by atoms with E-state index in [1.807, 2.05) is 6.07 Å². The molecule has 0 saturated carbocycles. The molecule has 2 aromatic rings. The maximum Gasteiger partial charge on any atom is 0.408 e. The van der Waals surface area contributed by atoms with Crippen LogP contribution in [0.1, 0.15) is 22.3 Å². The molecule has 0 aliphatic carbocycles. The molecule has 0 fully saturated rings. The van der Waals surface area contributed by atoms with Gasteiger partial charge in [0.05, 0.1) is 0 Å². The van der Waals surface area contributed by atoms with Crippen molar-refractivity contribution in [2.75, 3.05) is 0 Å². The van der Waals surface area contributed by atoms with Crippen LogP contribution in [0, 0.1) is 5.82 Å². The van der Waals surface area contributed by atoms with E-state index in [4.69, 9.17) is 9.84 Å². The number of ether oxygens (including phenoxy) is 1. The Morgan fingerprint density at radius 1 is 1.08 bits per heavy atom. The lowest BCUT2D eigenvalue weighted by atomic mass is 10.0. The van der Waals surface area contributed by atoms with E-state index in [-0.39, 0.29) is 12.2 Å². The van der Waals surface area contributed by atoms with Crippen LogP contribution in [-0.2, 0) is 16.1 Å². The lowest BCUT2D eigenvalue weighted by molar-refractivity contribution is -0.139. The van der Waals surface area contributed by atoms with Gasteiger partial charge < -0.3 is 15.2 Å². The molecule has 2 rings (SSSR count). The van der Waals surface area contributed by atoms with E-state index < -0.39 is 36.1 Å². The Morgan fingerprint density at radius 3 is 2.44 bits per heavy atom. The summed E-state index contributed by atoms with van der Waals surface area (Å²) in [5.74, 6) is -2.59. The molecule has 0 aliphatic rings. The molecule has 0 saturated heterocycles. The van der Waals surface area contributed by atoms with Crippen molar-refractivity contribution >= 4 is 17.8 Å². The van der Waals surface area contributed by atoms with Crippen LogP contribution < -0.4 is 5.32 Å². The standard InChI is InChI=1S/C18H16FNO5/c19-14-8-4-7-13(9-14)16(21)10-15(17(22)23)20-18(24)25-11-12-5-2-1-3-6-12/h1-9,15H,10-11H2,(H,20,24)(H,22,23). The van der Waals surface area contributed by atoms with Crippen molar-refractivity contribution in [1.82, 2.24) is 5.32 Å². The number of amides is 1. The number of benzene rings is 2. The first-order valence-corrected chi connectivity index (χ1v) is 7.44. The van der Waals surface area contributed by atoms with E-state index in [2.05, 4.69) is 5.32 Å². The number of nitrogens with one attached hydrogen (secondary N) is 1. The van der Waals surface area contributed by atoms with Crippen LogP contribution in [-0.4, -0.2) is 29.0 Å². The van der Waals surface area contributed by atoms with E-state index in [9.17, 15) is 18.8 Å². The first-order chi connectivity index (χ1) is 12.0. The van der Waals surface area contributed by atoms with E-state index >= 15 is 0 Å².